The molecule has 0 unspecified atom stereocenters. The summed E-state index contributed by atoms with van der Waals surface area (Å²) in [6.07, 6.45) is 0.751. The molecule has 3 rings (SSSR count). The molecule has 2 fully saturated rings. The standard InChI is InChI=1S/C18H22FN3O5.ClH/c19-12-9-11(20-13-2-4-15(23)21-17(13)26)1-3-14(12)22-7-5-18(27,6-8-22)10-16(24)25;/h1,3,9,13,20,27H,2,4-8,10H2,(H,24,25)(H,21,23,26);1H/t13-;/m0./s1. The number of carbonyl (C=O) groups excluding carboxylic acids is 2. The molecule has 0 spiro atoms. The molecule has 154 valence electrons. The Balaban J connectivity index is 0.00000280. The Bertz CT molecular complexity index is 768. The monoisotopic (exact) mass is 415 g/mol. The number of imide groups is 1. The zero-order valence-electron chi connectivity index (χ0n) is 15.1. The molecule has 28 heavy (non-hydrogen) atoms. The van der Waals surface area contributed by atoms with Crippen molar-refractivity contribution in [3.63, 3.8) is 0 Å². The van der Waals surface area contributed by atoms with Crippen molar-refractivity contribution < 1.29 is 29.0 Å². The highest BCUT2D eigenvalue weighted by atomic mass is 35.5. The summed E-state index contributed by atoms with van der Waals surface area (Å²) >= 11 is 0. The molecule has 8 nitrogen and oxygen atoms in total. The third-order valence-electron chi connectivity index (χ3n) is 5.04. The van der Waals surface area contributed by atoms with Gasteiger partial charge in [0.25, 0.3) is 0 Å². The van der Waals surface area contributed by atoms with E-state index < -0.39 is 29.3 Å². The largest absolute Gasteiger partial charge is 0.481 e. The van der Waals surface area contributed by atoms with E-state index in [1.165, 1.54) is 6.07 Å². The third kappa shape index (κ3) is 5.11. The number of anilines is 2. The van der Waals surface area contributed by atoms with Gasteiger partial charge < -0.3 is 20.4 Å². The van der Waals surface area contributed by atoms with Crippen LogP contribution in [-0.4, -0.2) is 52.7 Å². The predicted octanol–water partition coefficient (Wildman–Crippen LogP) is 1.27. The summed E-state index contributed by atoms with van der Waals surface area (Å²) in [5.74, 6) is -2.27. The van der Waals surface area contributed by atoms with Crippen molar-refractivity contribution in [3.05, 3.63) is 24.0 Å². The molecule has 2 amide bonds. The number of piperidine rings is 2. The first-order chi connectivity index (χ1) is 12.8. The van der Waals surface area contributed by atoms with Gasteiger partial charge in [0.1, 0.15) is 11.9 Å². The lowest BCUT2D eigenvalue weighted by molar-refractivity contribution is -0.143. The molecule has 4 N–H and O–H groups in total. The number of hydrogen-bond donors (Lipinski definition) is 4. The number of amides is 2. The number of aliphatic hydroxyl groups is 1. The Hall–Kier alpha value is -2.39. The first-order valence-electron chi connectivity index (χ1n) is 8.85. The van der Waals surface area contributed by atoms with Gasteiger partial charge in [-0.1, -0.05) is 0 Å². The summed E-state index contributed by atoms with van der Waals surface area (Å²) < 4.78 is 14.6. The van der Waals surface area contributed by atoms with Crippen LogP contribution < -0.4 is 15.5 Å². The van der Waals surface area contributed by atoms with Crippen LogP contribution in [0.1, 0.15) is 32.1 Å². The number of benzene rings is 1. The Morgan fingerprint density at radius 2 is 2.00 bits per heavy atom. The molecule has 0 aromatic heterocycles. The van der Waals surface area contributed by atoms with Gasteiger partial charge in [-0.25, -0.2) is 4.39 Å². The van der Waals surface area contributed by atoms with Crippen molar-refractivity contribution >= 4 is 41.6 Å². The number of aliphatic carboxylic acids is 1. The van der Waals surface area contributed by atoms with Gasteiger partial charge in [0, 0.05) is 25.2 Å². The van der Waals surface area contributed by atoms with E-state index in [0.717, 1.165) is 0 Å². The zero-order chi connectivity index (χ0) is 19.6. The van der Waals surface area contributed by atoms with Crippen LogP contribution in [-0.2, 0) is 14.4 Å². The first kappa shape index (κ1) is 21.9. The average Bonchev–Trinajstić information content (AvgIpc) is 2.58. The summed E-state index contributed by atoms with van der Waals surface area (Å²) in [7, 11) is 0. The van der Waals surface area contributed by atoms with Crippen LogP contribution in [0.5, 0.6) is 0 Å². The second-order valence-corrected chi connectivity index (χ2v) is 7.10. The third-order valence-corrected chi connectivity index (χ3v) is 5.04. The molecule has 1 aromatic rings. The Morgan fingerprint density at radius 1 is 1.32 bits per heavy atom. The second kappa shape index (κ2) is 8.74. The van der Waals surface area contributed by atoms with Crippen molar-refractivity contribution in [2.45, 2.75) is 43.7 Å². The van der Waals surface area contributed by atoms with E-state index in [1.54, 1.807) is 17.0 Å². The van der Waals surface area contributed by atoms with Crippen LogP contribution in [0.3, 0.4) is 0 Å². The van der Waals surface area contributed by atoms with Crippen molar-refractivity contribution in [2.75, 3.05) is 23.3 Å². The van der Waals surface area contributed by atoms with E-state index in [4.69, 9.17) is 5.11 Å². The van der Waals surface area contributed by atoms with Crippen LogP contribution in [0.15, 0.2) is 18.2 Å². The summed E-state index contributed by atoms with van der Waals surface area (Å²) in [6.45, 7) is 0.696. The summed E-state index contributed by atoms with van der Waals surface area (Å²) in [5, 5.41) is 24.3. The molecule has 0 bridgehead atoms. The van der Waals surface area contributed by atoms with Crippen molar-refractivity contribution in [3.8, 4) is 0 Å². The molecular weight excluding hydrogens is 393 g/mol. The molecule has 1 atom stereocenters. The topological polar surface area (TPSA) is 119 Å². The fraction of sp³-hybridized carbons (Fsp3) is 0.500. The normalized spacial score (nSPS) is 21.5. The fourth-order valence-electron chi connectivity index (χ4n) is 3.51. The molecule has 2 saturated heterocycles. The highest BCUT2D eigenvalue weighted by molar-refractivity contribution is 6.01. The van der Waals surface area contributed by atoms with Crippen LogP contribution in [0, 0.1) is 5.82 Å². The quantitative estimate of drug-likeness (QED) is 0.535. The molecule has 2 aliphatic heterocycles. The van der Waals surface area contributed by atoms with Gasteiger partial charge in [0.05, 0.1) is 17.7 Å². The number of nitrogens with zero attached hydrogens (tertiary/aromatic N) is 1. The minimum atomic E-state index is -1.26. The molecule has 2 heterocycles. The molecule has 0 aliphatic carbocycles. The van der Waals surface area contributed by atoms with Crippen LogP contribution in [0.2, 0.25) is 0 Å². The van der Waals surface area contributed by atoms with E-state index in [-0.39, 0.29) is 44.0 Å². The number of rotatable bonds is 5. The lowest BCUT2D eigenvalue weighted by Crippen LogP contribution is -2.47. The Labute approximate surface area is 167 Å². The van der Waals surface area contributed by atoms with Gasteiger partial charge in [0.2, 0.25) is 11.8 Å². The number of carboxylic acids is 1. The van der Waals surface area contributed by atoms with Crippen LogP contribution >= 0.6 is 12.4 Å². The average molecular weight is 416 g/mol. The molecule has 10 heteroatoms. The maximum Gasteiger partial charge on any atom is 0.306 e. The number of hydrogen-bond acceptors (Lipinski definition) is 6. The SMILES string of the molecule is Cl.O=C(O)CC1(O)CCN(c2ccc(N[C@H]3CCC(=O)NC3=O)cc2F)CC1. The van der Waals surface area contributed by atoms with Crippen LogP contribution in [0.25, 0.3) is 0 Å². The number of halogens is 2. The van der Waals surface area contributed by atoms with E-state index in [2.05, 4.69) is 10.6 Å². The smallest absolute Gasteiger partial charge is 0.306 e. The minimum absolute atomic E-state index is 0. The molecule has 0 radical (unpaired) electrons. The maximum absolute atomic E-state index is 14.6. The van der Waals surface area contributed by atoms with Gasteiger partial charge in [-0.3, -0.25) is 19.7 Å². The number of nitrogens with one attached hydrogen (secondary N) is 2. The van der Waals surface area contributed by atoms with Crippen molar-refractivity contribution in [2.24, 2.45) is 0 Å². The molecule has 0 saturated carbocycles. The Kier molecular flexibility index (Phi) is 6.84. The summed E-state index contributed by atoms with van der Waals surface area (Å²) in [4.78, 5) is 35.6. The predicted molar refractivity (Wildman–Crippen MR) is 102 cm³/mol. The van der Waals surface area contributed by atoms with Crippen molar-refractivity contribution in [1.29, 1.82) is 0 Å². The van der Waals surface area contributed by atoms with Gasteiger partial charge in [-0.15, -0.1) is 12.4 Å². The van der Waals surface area contributed by atoms with Gasteiger partial charge in [0.15, 0.2) is 0 Å². The first-order valence-corrected chi connectivity index (χ1v) is 8.85. The molecular formula is C18H23ClFN3O5. The fourth-order valence-corrected chi connectivity index (χ4v) is 3.51. The van der Waals surface area contributed by atoms with Gasteiger partial charge in [-0.2, -0.15) is 0 Å². The van der Waals surface area contributed by atoms with Crippen molar-refractivity contribution in [1.82, 2.24) is 5.32 Å². The van der Waals surface area contributed by atoms with E-state index in [0.29, 0.717) is 30.9 Å². The summed E-state index contributed by atoms with van der Waals surface area (Å²) in [6, 6.07) is 3.94. The van der Waals surface area contributed by atoms with E-state index >= 15 is 0 Å². The van der Waals surface area contributed by atoms with Gasteiger partial charge >= 0.3 is 5.97 Å². The minimum Gasteiger partial charge on any atom is -0.481 e. The highest BCUT2D eigenvalue weighted by Crippen LogP contribution is 2.31. The number of carboxylic acid groups (broad SMARTS) is 1. The number of carbonyl (C=O) groups is 3. The second-order valence-electron chi connectivity index (χ2n) is 7.10. The zero-order valence-corrected chi connectivity index (χ0v) is 15.9. The lowest BCUT2D eigenvalue weighted by Gasteiger charge is -2.38. The Morgan fingerprint density at radius 3 is 2.57 bits per heavy atom. The van der Waals surface area contributed by atoms with E-state index in [9.17, 15) is 23.9 Å². The maximum atomic E-state index is 14.6. The molecule has 1 aromatic carbocycles. The highest BCUT2D eigenvalue weighted by Gasteiger charge is 2.35. The van der Waals surface area contributed by atoms with Crippen LogP contribution in [0.4, 0.5) is 15.8 Å². The summed E-state index contributed by atoms with van der Waals surface area (Å²) in [5.41, 5.74) is -0.460. The molecule has 2 aliphatic rings. The van der Waals surface area contributed by atoms with E-state index in [1.807, 2.05) is 0 Å². The lowest BCUT2D eigenvalue weighted by atomic mass is 9.88. The van der Waals surface area contributed by atoms with Gasteiger partial charge in [-0.05, 0) is 37.5 Å².